The summed E-state index contributed by atoms with van der Waals surface area (Å²) in [4.78, 5) is 21.5. The zero-order valence-electron chi connectivity index (χ0n) is 7.44. The second kappa shape index (κ2) is 4.74. The lowest BCUT2D eigenvalue weighted by molar-refractivity contribution is 0.0695. The summed E-state index contributed by atoms with van der Waals surface area (Å²) in [6.07, 6.45) is 0. The van der Waals surface area contributed by atoms with Crippen molar-refractivity contribution in [2.75, 3.05) is 0 Å². The number of carboxylic acid groups (broad SMARTS) is 2. The molecule has 86 valence electrons. The molecule has 0 heterocycles. The highest BCUT2D eigenvalue weighted by Gasteiger charge is 2.23. The molecule has 1 rings (SSSR count). The van der Waals surface area contributed by atoms with Gasteiger partial charge in [-0.15, -0.1) is 0 Å². The second-order valence-corrected chi connectivity index (χ2v) is 5.40. The molecule has 6 nitrogen and oxygen atoms in total. The van der Waals surface area contributed by atoms with Crippen LogP contribution in [0.15, 0.2) is 12.1 Å². The van der Waals surface area contributed by atoms with Crippen molar-refractivity contribution in [2.45, 2.75) is 0 Å². The van der Waals surface area contributed by atoms with Crippen LogP contribution in [0.5, 0.6) is 0 Å². The van der Waals surface area contributed by atoms with Crippen molar-refractivity contribution in [3.63, 3.8) is 0 Å². The van der Waals surface area contributed by atoms with Crippen LogP contribution in [0.2, 0.25) is 5.02 Å². The predicted molar refractivity (Wildman–Crippen MR) is 59.5 cm³/mol. The Balaban J connectivity index is 3.74. The number of carboxylic acids is 2. The number of hydrogen-bond donors (Lipinski definition) is 2. The fourth-order valence-electron chi connectivity index (χ4n) is 1.07. The van der Waals surface area contributed by atoms with Gasteiger partial charge in [0.25, 0.3) is 0 Å². The van der Waals surface area contributed by atoms with E-state index < -0.39 is 46.4 Å². The van der Waals surface area contributed by atoms with E-state index in [2.05, 4.69) is 0 Å². The largest absolute Gasteiger partial charge is 0.478 e. The topological polar surface area (TPSA) is 109 Å². The number of benzene rings is 1. The molecule has 0 saturated heterocycles. The average molecular weight is 358 g/mol. The monoisotopic (exact) mass is 358 g/mol. The Morgan fingerprint density at radius 2 is 1.44 bits per heavy atom. The Morgan fingerprint density at radius 3 is 1.69 bits per heavy atom. The van der Waals surface area contributed by atoms with Gasteiger partial charge in [-0.2, -0.15) is 0 Å². The van der Waals surface area contributed by atoms with Crippen molar-refractivity contribution < 1.29 is 25.9 Å². The van der Waals surface area contributed by atoms with Gasteiger partial charge in [0.1, 0.15) is 3.57 Å². The Bertz CT molecular complexity index is 504. The first-order chi connectivity index (χ1) is 7.34. The molecule has 0 saturated carbocycles. The highest BCUT2D eigenvalue weighted by atomic mass is 127. The molecule has 0 aromatic heterocycles. The lowest BCUT2D eigenvalue weighted by Crippen LogP contribution is -2.08. The van der Waals surface area contributed by atoms with Crippen molar-refractivity contribution in [2.24, 2.45) is 0 Å². The van der Waals surface area contributed by atoms with Crippen molar-refractivity contribution in [3.05, 3.63) is 31.9 Å². The van der Waals surface area contributed by atoms with E-state index in [-0.39, 0.29) is 5.02 Å². The maximum absolute atomic E-state index is 10.9. The first-order valence-electron chi connectivity index (χ1n) is 3.70. The maximum atomic E-state index is 10.9. The number of hydrogen-bond acceptors (Lipinski definition) is 4. The normalized spacial score (nSPS) is 10.4. The standard InChI is InChI=1S/C8H4ClIO6/c9-3-1-4(7(11)12)6(10(15)16)5(2-3)8(13)14/h1-2H,(H,11,12)(H,13,14). The van der Waals surface area contributed by atoms with Crippen LogP contribution in [0.1, 0.15) is 20.7 Å². The van der Waals surface area contributed by atoms with Crippen LogP contribution in [0, 0.1) is 3.57 Å². The predicted octanol–water partition coefficient (Wildman–Crippen LogP) is 2.10. The molecule has 0 radical (unpaired) electrons. The SMILES string of the molecule is O=C(O)c1cc(Cl)cc(C(=O)O)c1I(=O)=O. The van der Waals surface area contributed by atoms with Gasteiger partial charge in [0.05, 0.1) is 11.1 Å². The third-order valence-electron chi connectivity index (χ3n) is 1.65. The summed E-state index contributed by atoms with van der Waals surface area (Å²) >= 11 is 1.27. The van der Waals surface area contributed by atoms with E-state index in [0.29, 0.717) is 0 Å². The van der Waals surface area contributed by atoms with Crippen LogP contribution < -0.4 is 0 Å². The van der Waals surface area contributed by atoms with Crippen LogP contribution in [-0.4, -0.2) is 22.2 Å². The van der Waals surface area contributed by atoms with Crippen LogP contribution >= 0.6 is 31.4 Å². The molecule has 0 unspecified atom stereocenters. The van der Waals surface area contributed by atoms with Crippen LogP contribution in [-0.2, 0) is 6.14 Å². The van der Waals surface area contributed by atoms with E-state index in [1.54, 1.807) is 0 Å². The molecule has 0 aliphatic carbocycles. The van der Waals surface area contributed by atoms with Crippen molar-refractivity contribution in [3.8, 4) is 0 Å². The maximum Gasteiger partial charge on any atom is 0.342 e. The van der Waals surface area contributed by atoms with Gasteiger partial charge in [-0.3, -0.25) is 0 Å². The summed E-state index contributed by atoms with van der Waals surface area (Å²) in [7, 11) is 0. The molecule has 0 bridgehead atoms. The van der Waals surface area contributed by atoms with Gasteiger partial charge in [-0.05, 0) is 12.1 Å². The minimum absolute atomic E-state index is 0.142. The zero-order chi connectivity index (χ0) is 12.5. The van der Waals surface area contributed by atoms with E-state index in [4.69, 9.17) is 21.8 Å². The first kappa shape index (κ1) is 12.8. The van der Waals surface area contributed by atoms with Gasteiger partial charge in [0.2, 0.25) is 0 Å². The van der Waals surface area contributed by atoms with E-state index in [1.165, 1.54) is 0 Å². The highest BCUT2D eigenvalue weighted by Crippen LogP contribution is 2.29. The van der Waals surface area contributed by atoms with E-state index >= 15 is 0 Å². The molecule has 0 spiro atoms. The van der Waals surface area contributed by atoms with Gasteiger partial charge in [0, 0.05) is 5.02 Å². The summed E-state index contributed by atoms with van der Waals surface area (Å²) in [5, 5.41) is 17.3. The zero-order valence-corrected chi connectivity index (χ0v) is 10.4. The molecule has 0 atom stereocenters. The van der Waals surface area contributed by atoms with E-state index in [0.717, 1.165) is 12.1 Å². The average Bonchev–Trinajstić information content (AvgIpc) is 2.15. The summed E-state index contributed by atoms with van der Waals surface area (Å²) in [6, 6.07) is 1.82. The molecule has 0 aliphatic rings. The molecular formula is C8H4ClIO6. The minimum atomic E-state index is -4.23. The third kappa shape index (κ3) is 2.47. The molecule has 16 heavy (non-hydrogen) atoms. The van der Waals surface area contributed by atoms with Crippen LogP contribution in [0.3, 0.4) is 0 Å². The number of carbonyl (C=O) groups is 2. The Morgan fingerprint density at radius 1 is 1.06 bits per heavy atom. The number of aromatic carboxylic acids is 2. The highest BCUT2D eigenvalue weighted by molar-refractivity contribution is 14.2. The fraction of sp³-hybridized carbons (Fsp3) is 0. The third-order valence-corrected chi connectivity index (χ3v) is 3.91. The quantitative estimate of drug-likeness (QED) is 0.801. The second-order valence-electron chi connectivity index (χ2n) is 2.64. The fourth-order valence-corrected chi connectivity index (χ4v) is 3.01. The van der Waals surface area contributed by atoms with Crippen LogP contribution in [0.25, 0.3) is 0 Å². The smallest absolute Gasteiger partial charge is 0.342 e. The van der Waals surface area contributed by atoms with Gasteiger partial charge in [-0.1, -0.05) is 11.6 Å². The molecule has 0 aliphatic heterocycles. The van der Waals surface area contributed by atoms with Crippen LogP contribution in [0.4, 0.5) is 0 Å². The summed E-state index contributed by atoms with van der Waals surface area (Å²) in [6.45, 7) is 0. The van der Waals surface area contributed by atoms with Gasteiger partial charge in [-0.25, -0.2) is 15.7 Å². The molecule has 1 aromatic carbocycles. The molecule has 0 amide bonds. The molecule has 1 aromatic rings. The first-order valence-corrected chi connectivity index (χ1v) is 6.92. The lowest BCUT2D eigenvalue weighted by Gasteiger charge is -2.03. The molecular weight excluding hydrogens is 354 g/mol. The molecule has 0 fully saturated rings. The van der Waals surface area contributed by atoms with Gasteiger partial charge < -0.3 is 10.2 Å². The Hall–Kier alpha value is -1.22. The summed E-state index contributed by atoms with van der Waals surface area (Å²) < 4.78 is 21.2. The Labute approximate surface area is 101 Å². The Kier molecular flexibility index (Phi) is 3.81. The molecule has 2 N–H and O–H groups in total. The molecule has 8 heteroatoms. The number of halogens is 2. The summed E-state index contributed by atoms with van der Waals surface area (Å²) in [5.41, 5.74) is -1.22. The van der Waals surface area contributed by atoms with Crippen molar-refractivity contribution in [1.29, 1.82) is 0 Å². The van der Waals surface area contributed by atoms with Crippen molar-refractivity contribution in [1.82, 2.24) is 0 Å². The summed E-state index contributed by atoms with van der Waals surface area (Å²) in [5.74, 6) is -3.07. The van der Waals surface area contributed by atoms with Gasteiger partial charge in [0.15, 0.2) is 0 Å². The van der Waals surface area contributed by atoms with Gasteiger partial charge >= 0.3 is 31.7 Å². The lowest BCUT2D eigenvalue weighted by atomic mass is 10.1. The van der Waals surface area contributed by atoms with E-state index in [1.807, 2.05) is 0 Å². The van der Waals surface area contributed by atoms with Crippen molar-refractivity contribution >= 4 is 43.3 Å². The van der Waals surface area contributed by atoms with E-state index in [9.17, 15) is 15.7 Å². The minimum Gasteiger partial charge on any atom is -0.478 e. The number of rotatable bonds is 3.